The van der Waals surface area contributed by atoms with Crippen LogP contribution in [0.15, 0.2) is 16.6 Å². The number of nitrogens with zero attached hydrogens (tertiary/aromatic N) is 2. The van der Waals surface area contributed by atoms with Gasteiger partial charge in [-0.05, 0) is 59.0 Å². The second kappa shape index (κ2) is 7.51. The highest BCUT2D eigenvalue weighted by atomic mass is 79.9. The number of aryl methyl sites for hydroxylation is 1. The van der Waals surface area contributed by atoms with Crippen LogP contribution >= 0.6 is 15.9 Å². The van der Waals surface area contributed by atoms with Gasteiger partial charge in [-0.15, -0.1) is 0 Å². The summed E-state index contributed by atoms with van der Waals surface area (Å²) in [6.07, 6.45) is -2.72. The van der Waals surface area contributed by atoms with E-state index in [-0.39, 0.29) is 34.3 Å². The largest absolute Gasteiger partial charge is 0.508 e. The molecule has 0 aliphatic heterocycles. The summed E-state index contributed by atoms with van der Waals surface area (Å²) in [5, 5.41) is 16.5. The minimum absolute atomic E-state index is 0.0918. The molecular weight excluding hydrogens is 396 g/mol. The molecule has 0 radical (unpaired) electrons. The minimum atomic E-state index is -2.72. The lowest BCUT2D eigenvalue weighted by Gasteiger charge is -2.15. The summed E-state index contributed by atoms with van der Waals surface area (Å²) in [4.78, 5) is 12.3. The average molecular weight is 416 g/mol. The molecule has 5 nitrogen and oxygen atoms in total. The Labute approximate surface area is 153 Å². The van der Waals surface area contributed by atoms with Gasteiger partial charge >= 0.3 is 0 Å². The molecule has 0 atom stereocenters. The van der Waals surface area contributed by atoms with Gasteiger partial charge in [0.15, 0.2) is 0 Å². The van der Waals surface area contributed by atoms with Gasteiger partial charge in [-0.3, -0.25) is 9.48 Å². The van der Waals surface area contributed by atoms with Gasteiger partial charge < -0.3 is 10.4 Å². The minimum Gasteiger partial charge on any atom is -0.508 e. The van der Waals surface area contributed by atoms with E-state index in [0.717, 1.165) is 5.56 Å². The second-order valence-electron chi connectivity index (χ2n) is 6.17. The molecule has 2 N–H and O–H groups in total. The Morgan fingerprint density at radius 1 is 1.36 bits per heavy atom. The molecule has 2 rings (SSSR count). The average Bonchev–Trinajstić information content (AvgIpc) is 2.78. The van der Waals surface area contributed by atoms with Crippen molar-refractivity contribution in [3.05, 3.63) is 39.1 Å². The van der Waals surface area contributed by atoms with Crippen LogP contribution in [0.1, 0.15) is 48.7 Å². The fourth-order valence-corrected chi connectivity index (χ4v) is 2.93. The van der Waals surface area contributed by atoms with Crippen molar-refractivity contribution in [2.45, 2.75) is 46.6 Å². The third kappa shape index (κ3) is 4.18. The van der Waals surface area contributed by atoms with E-state index < -0.39 is 6.43 Å². The van der Waals surface area contributed by atoms with Crippen LogP contribution in [0, 0.1) is 13.8 Å². The number of amides is 1. The molecule has 1 heterocycles. The lowest BCUT2D eigenvalue weighted by Crippen LogP contribution is -2.21. The molecule has 136 valence electrons. The third-order valence-electron chi connectivity index (χ3n) is 3.93. The highest BCUT2D eigenvalue weighted by Gasteiger charge is 2.21. The van der Waals surface area contributed by atoms with Crippen LogP contribution in [-0.2, 0) is 11.3 Å². The predicted molar refractivity (Wildman–Crippen MR) is 95.2 cm³/mol. The highest BCUT2D eigenvalue weighted by molar-refractivity contribution is 9.10. The number of nitrogens with one attached hydrogen (secondary N) is 1. The summed E-state index contributed by atoms with van der Waals surface area (Å²) in [6, 6.07) is 3.32. The van der Waals surface area contributed by atoms with E-state index in [9.17, 15) is 18.7 Å². The number of carbonyl (C=O) groups is 1. The molecule has 0 aliphatic rings. The van der Waals surface area contributed by atoms with E-state index in [2.05, 4.69) is 26.3 Å². The standard InChI is InChI=1S/C17H20BrF2N3O2/c1-8(2)11-6-12(9(3)5-13(11)24)21-14(25)7-23-10(4)15(18)16(22-23)17(19)20/h5-6,8,17,24H,7H2,1-4H3,(H,21,25). The first kappa shape index (κ1) is 19.4. The molecule has 0 aliphatic carbocycles. The molecule has 0 fully saturated rings. The van der Waals surface area contributed by atoms with E-state index in [1.54, 1.807) is 26.0 Å². The molecule has 0 bridgehead atoms. The van der Waals surface area contributed by atoms with Crippen molar-refractivity contribution in [2.24, 2.45) is 0 Å². The predicted octanol–water partition coefficient (Wildman–Crippen LogP) is 4.67. The monoisotopic (exact) mass is 415 g/mol. The second-order valence-corrected chi connectivity index (χ2v) is 6.96. The number of carbonyl (C=O) groups excluding carboxylic acids is 1. The van der Waals surface area contributed by atoms with Gasteiger partial charge in [-0.25, -0.2) is 8.78 Å². The number of benzene rings is 1. The van der Waals surface area contributed by atoms with Crippen LogP contribution in [0.5, 0.6) is 5.75 Å². The molecule has 8 heteroatoms. The van der Waals surface area contributed by atoms with Gasteiger partial charge in [-0.2, -0.15) is 5.10 Å². The van der Waals surface area contributed by atoms with Crippen molar-refractivity contribution in [1.29, 1.82) is 0 Å². The summed E-state index contributed by atoms with van der Waals surface area (Å²) < 4.78 is 27.2. The molecule has 1 aromatic carbocycles. The molecular formula is C17H20BrF2N3O2. The zero-order valence-corrected chi connectivity index (χ0v) is 16.0. The number of phenolic OH excluding ortho intramolecular Hbond substituents is 1. The van der Waals surface area contributed by atoms with Crippen LogP contribution in [0.2, 0.25) is 0 Å². The smallest absolute Gasteiger partial charge is 0.283 e. The first-order chi connectivity index (χ1) is 11.6. The summed E-state index contributed by atoms with van der Waals surface area (Å²) in [6.45, 7) is 7.07. The van der Waals surface area contributed by atoms with Crippen LogP contribution in [0.3, 0.4) is 0 Å². The van der Waals surface area contributed by atoms with Crippen molar-refractivity contribution >= 4 is 27.5 Å². The van der Waals surface area contributed by atoms with Crippen molar-refractivity contribution in [1.82, 2.24) is 9.78 Å². The maximum absolute atomic E-state index is 12.9. The quantitative estimate of drug-likeness (QED) is 0.697. The molecule has 0 spiro atoms. The van der Waals surface area contributed by atoms with Gasteiger partial charge in [0, 0.05) is 5.69 Å². The summed E-state index contributed by atoms with van der Waals surface area (Å²) in [5.74, 6) is -0.115. The third-order valence-corrected chi connectivity index (χ3v) is 4.91. The van der Waals surface area contributed by atoms with Crippen LogP contribution < -0.4 is 5.32 Å². The maximum Gasteiger partial charge on any atom is 0.283 e. The van der Waals surface area contributed by atoms with Gasteiger partial charge in [0.05, 0.1) is 10.2 Å². The van der Waals surface area contributed by atoms with Crippen molar-refractivity contribution in [2.75, 3.05) is 5.32 Å². The van der Waals surface area contributed by atoms with Crippen LogP contribution in [-0.4, -0.2) is 20.8 Å². The van der Waals surface area contributed by atoms with Crippen molar-refractivity contribution in [3.8, 4) is 5.75 Å². The Morgan fingerprint density at radius 2 is 2.00 bits per heavy atom. The van der Waals surface area contributed by atoms with E-state index in [4.69, 9.17) is 0 Å². The number of aromatic nitrogens is 2. The Morgan fingerprint density at radius 3 is 2.52 bits per heavy atom. The summed E-state index contributed by atoms with van der Waals surface area (Å²) >= 11 is 3.08. The molecule has 1 amide bonds. The molecule has 0 saturated carbocycles. The molecule has 0 saturated heterocycles. The Bertz CT molecular complexity index is 804. The van der Waals surface area contributed by atoms with Gasteiger partial charge in [0.1, 0.15) is 18.0 Å². The maximum atomic E-state index is 12.9. The topological polar surface area (TPSA) is 67.2 Å². The summed E-state index contributed by atoms with van der Waals surface area (Å²) in [7, 11) is 0. The SMILES string of the molecule is Cc1cc(O)c(C(C)C)cc1NC(=O)Cn1nc(C(F)F)c(Br)c1C. The number of halogens is 3. The lowest BCUT2D eigenvalue weighted by atomic mass is 9.99. The molecule has 1 aromatic heterocycles. The molecule has 0 unspecified atom stereocenters. The Hall–Kier alpha value is -1.96. The number of aromatic hydroxyl groups is 1. The van der Waals surface area contributed by atoms with Gasteiger partial charge in [-0.1, -0.05) is 13.8 Å². The first-order valence-corrected chi connectivity index (χ1v) is 8.55. The Kier molecular flexibility index (Phi) is 5.82. The molecule has 2 aromatic rings. The van der Waals surface area contributed by atoms with Crippen molar-refractivity contribution < 1.29 is 18.7 Å². The van der Waals surface area contributed by atoms with E-state index in [0.29, 0.717) is 16.9 Å². The lowest BCUT2D eigenvalue weighted by molar-refractivity contribution is -0.117. The first-order valence-electron chi connectivity index (χ1n) is 7.76. The number of rotatable bonds is 5. The van der Waals surface area contributed by atoms with Gasteiger partial charge in [0.25, 0.3) is 6.43 Å². The van der Waals surface area contributed by atoms with E-state index in [1.165, 1.54) is 4.68 Å². The zero-order valence-electron chi connectivity index (χ0n) is 14.4. The van der Waals surface area contributed by atoms with Crippen LogP contribution in [0.4, 0.5) is 14.5 Å². The normalized spacial score (nSPS) is 11.4. The molecule has 25 heavy (non-hydrogen) atoms. The Balaban J connectivity index is 2.21. The number of alkyl halides is 2. The fourth-order valence-electron chi connectivity index (χ4n) is 2.47. The van der Waals surface area contributed by atoms with E-state index in [1.807, 2.05) is 13.8 Å². The van der Waals surface area contributed by atoms with Crippen molar-refractivity contribution in [3.63, 3.8) is 0 Å². The number of hydrogen-bond donors (Lipinski definition) is 2. The highest BCUT2D eigenvalue weighted by Crippen LogP contribution is 2.31. The fraction of sp³-hybridized carbons (Fsp3) is 0.412. The number of hydrogen-bond acceptors (Lipinski definition) is 3. The van der Waals surface area contributed by atoms with Gasteiger partial charge in [0.2, 0.25) is 5.91 Å². The number of phenols is 1. The summed E-state index contributed by atoms with van der Waals surface area (Å²) in [5.41, 5.74) is 2.08. The van der Waals surface area contributed by atoms with E-state index >= 15 is 0 Å². The number of anilines is 1. The van der Waals surface area contributed by atoms with Crippen LogP contribution in [0.25, 0.3) is 0 Å². The zero-order chi connectivity index (χ0) is 18.9.